The van der Waals surface area contributed by atoms with Gasteiger partial charge in [-0.1, -0.05) is 24.3 Å². The standard InChI is InChI=1S/C23H18N2O6/c1-3-25-20(26)16-9-8-15(11-18(16)24-23(25)29)21(27)31-19-12-14-7-5-4-6-13(14)10-17(19)22(28)30-2/h4-12H,3H2,1-2H3,(H,24,29). The van der Waals surface area contributed by atoms with Gasteiger partial charge in [0.1, 0.15) is 11.3 Å². The van der Waals surface area contributed by atoms with Gasteiger partial charge in [-0.05, 0) is 48.0 Å². The number of hydrogen-bond acceptors (Lipinski definition) is 6. The van der Waals surface area contributed by atoms with Crippen molar-refractivity contribution in [3.8, 4) is 5.75 Å². The smallest absolute Gasteiger partial charge is 0.343 e. The molecule has 156 valence electrons. The third kappa shape index (κ3) is 3.59. The van der Waals surface area contributed by atoms with Gasteiger partial charge >= 0.3 is 17.6 Å². The van der Waals surface area contributed by atoms with Crippen LogP contribution in [0.3, 0.4) is 0 Å². The normalized spacial score (nSPS) is 10.9. The van der Waals surface area contributed by atoms with Crippen molar-refractivity contribution >= 4 is 33.6 Å². The summed E-state index contributed by atoms with van der Waals surface area (Å²) in [4.78, 5) is 52.1. The highest BCUT2D eigenvalue weighted by Crippen LogP contribution is 2.27. The van der Waals surface area contributed by atoms with Crippen molar-refractivity contribution in [3.05, 3.63) is 86.6 Å². The first kappa shape index (κ1) is 20.1. The predicted molar refractivity (Wildman–Crippen MR) is 115 cm³/mol. The van der Waals surface area contributed by atoms with Crippen molar-refractivity contribution < 1.29 is 19.1 Å². The van der Waals surface area contributed by atoms with Gasteiger partial charge in [-0.25, -0.2) is 14.4 Å². The maximum Gasteiger partial charge on any atom is 0.343 e. The number of methoxy groups -OCH3 is 1. The first-order chi connectivity index (χ1) is 14.9. The van der Waals surface area contributed by atoms with Crippen LogP contribution >= 0.6 is 0 Å². The number of aromatic amines is 1. The van der Waals surface area contributed by atoms with Crippen molar-refractivity contribution in [1.29, 1.82) is 0 Å². The molecular weight excluding hydrogens is 400 g/mol. The second-order valence-corrected chi connectivity index (χ2v) is 6.82. The highest BCUT2D eigenvalue weighted by atomic mass is 16.5. The van der Waals surface area contributed by atoms with Crippen LogP contribution in [0.1, 0.15) is 27.6 Å². The lowest BCUT2D eigenvalue weighted by molar-refractivity contribution is 0.0593. The number of hydrogen-bond donors (Lipinski definition) is 1. The van der Waals surface area contributed by atoms with E-state index in [4.69, 9.17) is 9.47 Å². The Morgan fingerprint density at radius 2 is 1.68 bits per heavy atom. The van der Waals surface area contributed by atoms with Gasteiger partial charge in [0.25, 0.3) is 5.56 Å². The summed E-state index contributed by atoms with van der Waals surface area (Å²) in [6.45, 7) is 1.92. The number of H-pyrrole nitrogens is 1. The molecule has 0 radical (unpaired) electrons. The zero-order chi connectivity index (χ0) is 22.1. The molecule has 3 aromatic carbocycles. The third-order valence-electron chi connectivity index (χ3n) is 4.99. The van der Waals surface area contributed by atoms with Gasteiger partial charge < -0.3 is 14.5 Å². The molecule has 8 nitrogen and oxygen atoms in total. The topological polar surface area (TPSA) is 107 Å². The first-order valence-corrected chi connectivity index (χ1v) is 9.53. The molecule has 31 heavy (non-hydrogen) atoms. The number of aromatic nitrogens is 2. The molecular formula is C23H18N2O6. The minimum absolute atomic E-state index is 0.0468. The monoisotopic (exact) mass is 418 g/mol. The average Bonchev–Trinajstić information content (AvgIpc) is 2.78. The Hall–Kier alpha value is -4.20. The molecule has 0 saturated carbocycles. The van der Waals surface area contributed by atoms with E-state index in [-0.39, 0.29) is 34.3 Å². The first-order valence-electron chi connectivity index (χ1n) is 9.53. The summed E-state index contributed by atoms with van der Waals surface area (Å²) in [6.07, 6.45) is 0. The van der Waals surface area contributed by atoms with Crippen molar-refractivity contribution in [1.82, 2.24) is 9.55 Å². The van der Waals surface area contributed by atoms with E-state index >= 15 is 0 Å². The molecule has 4 aromatic rings. The molecule has 0 bridgehead atoms. The predicted octanol–water partition coefficient (Wildman–Crippen LogP) is 2.87. The fourth-order valence-corrected chi connectivity index (χ4v) is 3.40. The number of rotatable bonds is 4. The number of carbonyl (C=O) groups excluding carboxylic acids is 2. The van der Waals surface area contributed by atoms with Gasteiger partial charge in [-0.15, -0.1) is 0 Å². The molecule has 0 aliphatic carbocycles. The Labute approximate surface area is 175 Å². The van der Waals surface area contributed by atoms with Crippen molar-refractivity contribution in [2.45, 2.75) is 13.5 Å². The van der Waals surface area contributed by atoms with E-state index in [0.717, 1.165) is 15.3 Å². The van der Waals surface area contributed by atoms with Crippen LogP contribution in [0.5, 0.6) is 5.75 Å². The van der Waals surface area contributed by atoms with Gasteiger partial charge in [-0.2, -0.15) is 0 Å². The Kier molecular flexibility index (Phi) is 5.12. The lowest BCUT2D eigenvalue weighted by Gasteiger charge is -2.11. The van der Waals surface area contributed by atoms with Crippen molar-refractivity contribution in [2.75, 3.05) is 7.11 Å². The number of esters is 2. The second kappa shape index (κ2) is 7.91. The van der Waals surface area contributed by atoms with Gasteiger partial charge in [0.2, 0.25) is 0 Å². The number of benzene rings is 3. The van der Waals surface area contributed by atoms with E-state index in [9.17, 15) is 19.2 Å². The molecule has 0 saturated heterocycles. The van der Waals surface area contributed by atoms with E-state index in [2.05, 4.69) is 4.98 Å². The summed E-state index contributed by atoms with van der Waals surface area (Å²) in [5, 5.41) is 1.85. The number of nitrogens with one attached hydrogen (secondary N) is 1. The van der Waals surface area contributed by atoms with Crippen LogP contribution in [0.4, 0.5) is 0 Å². The molecule has 1 aromatic heterocycles. The van der Waals surface area contributed by atoms with Crippen LogP contribution < -0.4 is 16.0 Å². The molecule has 0 unspecified atom stereocenters. The van der Waals surface area contributed by atoms with Crippen LogP contribution in [0.25, 0.3) is 21.7 Å². The molecule has 1 N–H and O–H groups in total. The minimum atomic E-state index is -0.747. The van der Waals surface area contributed by atoms with Crippen LogP contribution in [0.15, 0.2) is 64.2 Å². The highest BCUT2D eigenvalue weighted by Gasteiger charge is 2.19. The Bertz CT molecular complexity index is 1460. The zero-order valence-corrected chi connectivity index (χ0v) is 16.8. The van der Waals surface area contributed by atoms with Crippen molar-refractivity contribution in [2.24, 2.45) is 0 Å². The fourth-order valence-electron chi connectivity index (χ4n) is 3.40. The van der Waals surface area contributed by atoms with E-state index in [1.54, 1.807) is 19.1 Å². The maximum absolute atomic E-state index is 12.8. The van der Waals surface area contributed by atoms with Gasteiger partial charge in [0.05, 0.1) is 23.6 Å². The van der Waals surface area contributed by atoms with Gasteiger partial charge in [0, 0.05) is 6.54 Å². The van der Waals surface area contributed by atoms with Crippen LogP contribution in [-0.4, -0.2) is 28.6 Å². The Balaban J connectivity index is 1.76. The van der Waals surface area contributed by atoms with E-state index in [0.29, 0.717) is 0 Å². The van der Waals surface area contributed by atoms with Crippen LogP contribution in [0, 0.1) is 0 Å². The molecule has 0 spiro atoms. The van der Waals surface area contributed by atoms with Crippen LogP contribution in [-0.2, 0) is 11.3 Å². The molecule has 0 atom stereocenters. The molecule has 0 aliphatic rings. The molecule has 0 aliphatic heterocycles. The maximum atomic E-state index is 12.8. The third-order valence-corrected chi connectivity index (χ3v) is 4.99. The van der Waals surface area contributed by atoms with Gasteiger partial charge in [0.15, 0.2) is 0 Å². The molecule has 4 rings (SSSR count). The zero-order valence-electron chi connectivity index (χ0n) is 16.8. The average molecular weight is 418 g/mol. The Morgan fingerprint density at radius 3 is 2.35 bits per heavy atom. The summed E-state index contributed by atoms with van der Waals surface area (Å²) in [7, 11) is 1.24. The Morgan fingerprint density at radius 1 is 0.968 bits per heavy atom. The quantitative estimate of drug-likeness (QED) is 0.403. The van der Waals surface area contributed by atoms with Crippen LogP contribution in [0.2, 0.25) is 0 Å². The highest BCUT2D eigenvalue weighted by molar-refractivity contribution is 6.01. The summed E-state index contributed by atoms with van der Waals surface area (Å²) in [5.41, 5.74) is -0.562. The van der Waals surface area contributed by atoms with Crippen molar-refractivity contribution in [3.63, 3.8) is 0 Å². The number of carbonyl (C=O) groups is 2. The number of fused-ring (bicyclic) bond motifs is 2. The van der Waals surface area contributed by atoms with E-state index in [1.807, 2.05) is 24.3 Å². The second-order valence-electron chi connectivity index (χ2n) is 6.82. The molecule has 0 fully saturated rings. The van der Waals surface area contributed by atoms with Gasteiger partial charge in [-0.3, -0.25) is 9.36 Å². The number of ether oxygens (including phenoxy) is 2. The summed E-state index contributed by atoms with van der Waals surface area (Å²) in [5.74, 6) is -1.34. The summed E-state index contributed by atoms with van der Waals surface area (Å²) >= 11 is 0. The lowest BCUT2D eigenvalue weighted by atomic mass is 10.1. The number of nitrogens with zero attached hydrogens (tertiary/aromatic N) is 1. The van der Waals surface area contributed by atoms with E-state index in [1.165, 1.54) is 25.3 Å². The molecule has 1 heterocycles. The molecule has 0 amide bonds. The van der Waals surface area contributed by atoms with E-state index < -0.39 is 23.2 Å². The SMILES string of the molecule is CCn1c(=O)[nH]c2cc(C(=O)Oc3cc4ccccc4cc3C(=O)OC)ccc2c1=O. The largest absolute Gasteiger partial charge is 0.465 e. The molecule has 8 heteroatoms. The summed E-state index contributed by atoms with van der Waals surface area (Å²) in [6, 6.07) is 14.8. The lowest BCUT2D eigenvalue weighted by Crippen LogP contribution is -2.34. The fraction of sp³-hybridized carbons (Fsp3) is 0.130. The minimum Gasteiger partial charge on any atom is -0.465 e. The summed E-state index contributed by atoms with van der Waals surface area (Å²) < 4.78 is 11.4.